The zero-order valence-electron chi connectivity index (χ0n) is 13.9. The van der Waals surface area contributed by atoms with Crippen molar-refractivity contribution in [1.82, 2.24) is 0 Å². The molecular weight excluding hydrogens is 383 g/mol. The van der Waals surface area contributed by atoms with E-state index in [1.807, 2.05) is 0 Å². The fourth-order valence-corrected chi connectivity index (χ4v) is 2.69. The quantitative estimate of drug-likeness (QED) is 0.137. The Labute approximate surface area is 175 Å². The monoisotopic (exact) mass is 392 g/mol. The molecule has 0 spiro atoms. The summed E-state index contributed by atoms with van der Waals surface area (Å²) in [5.74, 6) is -0.453. The summed E-state index contributed by atoms with van der Waals surface area (Å²) in [4.78, 5) is 16.7. The molecule has 0 saturated carbocycles. The number of benzene rings is 2. The summed E-state index contributed by atoms with van der Waals surface area (Å²) in [7, 11) is -4.84. The first kappa shape index (κ1) is 22.4. The molecule has 2 aromatic carbocycles. The third kappa shape index (κ3) is 6.24. The van der Waals surface area contributed by atoms with Gasteiger partial charge in [0, 0.05) is 26.8 Å². The third-order valence-electron chi connectivity index (χ3n) is 3.15. The molecule has 0 bridgehead atoms. The van der Waals surface area contributed by atoms with Crippen LogP contribution in [0.1, 0.15) is 15.9 Å². The van der Waals surface area contributed by atoms with Crippen molar-refractivity contribution in [3.63, 3.8) is 0 Å². The standard InChI is InChI=1S/C15H10N6O4S.Na/c16-20-18-12-5-1-10(2-6-12)14(22)8-4-11-3-7-13(19-21-17)9-15(11)26(23,24)25;/h1-9H,(H,23,24,25);/q;+1/p-1/b8-4+;. The molecule has 0 amide bonds. The normalized spacial score (nSPS) is 10.4. The number of carbonyl (C=O) groups excluding carboxylic acids is 1. The van der Waals surface area contributed by atoms with E-state index in [0.29, 0.717) is 5.69 Å². The van der Waals surface area contributed by atoms with Gasteiger partial charge in [0.15, 0.2) is 5.78 Å². The first-order chi connectivity index (χ1) is 12.3. The van der Waals surface area contributed by atoms with Gasteiger partial charge in [-0.25, -0.2) is 8.42 Å². The maximum atomic E-state index is 12.1. The van der Waals surface area contributed by atoms with Gasteiger partial charge in [-0.3, -0.25) is 4.79 Å². The molecule has 0 saturated heterocycles. The van der Waals surface area contributed by atoms with Crippen molar-refractivity contribution in [3.05, 3.63) is 80.6 Å². The summed E-state index contributed by atoms with van der Waals surface area (Å²) in [5, 5.41) is 6.62. The fourth-order valence-electron chi connectivity index (χ4n) is 2.00. The van der Waals surface area contributed by atoms with E-state index in [1.54, 1.807) is 0 Å². The predicted octanol–water partition coefficient (Wildman–Crippen LogP) is 1.37. The van der Waals surface area contributed by atoms with E-state index in [4.69, 9.17) is 11.1 Å². The average Bonchev–Trinajstić information content (AvgIpc) is 2.60. The van der Waals surface area contributed by atoms with E-state index in [0.717, 1.165) is 12.1 Å². The van der Waals surface area contributed by atoms with E-state index in [-0.39, 0.29) is 46.4 Å². The van der Waals surface area contributed by atoms with E-state index < -0.39 is 20.8 Å². The van der Waals surface area contributed by atoms with Gasteiger partial charge < -0.3 is 4.55 Å². The van der Waals surface area contributed by atoms with Gasteiger partial charge in [0.1, 0.15) is 10.1 Å². The van der Waals surface area contributed by atoms with Crippen molar-refractivity contribution in [2.24, 2.45) is 10.2 Å². The zero-order valence-corrected chi connectivity index (χ0v) is 16.7. The van der Waals surface area contributed by atoms with E-state index in [9.17, 15) is 17.8 Å². The smallest absolute Gasteiger partial charge is 0.744 e. The number of nitrogens with zero attached hydrogens (tertiary/aromatic N) is 6. The Morgan fingerprint density at radius 2 is 1.56 bits per heavy atom. The number of allylic oxidation sites excluding steroid dienone is 1. The number of rotatable bonds is 6. The summed E-state index contributed by atoms with van der Waals surface area (Å²) < 4.78 is 34.1. The molecule has 0 atom stereocenters. The van der Waals surface area contributed by atoms with E-state index >= 15 is 0 Å². The van der Waals surface area contributed by atoms with Gasteiger partial charge in [0.25, 0.3) is 0 Å². The number of hydrogen-bond acceptors (Lipinski definition) is 6. The van der Waals surface area contributed by atoms with Gasteiger partial charge in [-0.2, -0.15) is 0 Å². The molecule has 0 radical (unpaired) electrons. The zero-order chi connectivity index (χ0) is 19.2. The Hall–Kier alpha value is -2.62. The molecule has 0 unspecified atom stereocenters. The predicted molar refractivity (Wildman–Crippen MR) is 91.8 cm³/mol. The molecule has 12 heteroatoms. The van der Waals surface area contributed by atoms with Crippen LogP contribution in [0, 0.1) is 0 Å². The molecule has 0 aliphatic rings. The Morgan fingerprint density at radius 1 is 1.00 bits per heavy atom. The van der Waals surface area contributed by atoms with Gasteiger partial charge in [0.05, 0.1) is 4.90 Å². The summed E-state index contributed by atoms with van der Waals surface area (Å²) >= 11 is 0. The van der Waals surface area contributed by atoms with Crippen LogP contribution in [0.3, 0.4) is 0 Å². The molecule has 130 valence electrons. The number of carbonyl (C=O) groups is 1. The van der Waals surface area contributed by atoms with Crippen LogP contribution in [-0.2, 0) is 10.1 Å². The van der Waals surface area contributed by atoms with Crippen LogP contribution in [0.4, 0.5) is 11.4 Å². The van der Waals surface area contributed by atoms with Crippen LogP contribution in [-0.4, -0.2) is 18.8 Å². The van der Waals surface area contributed by atoms with Crippen LogP contribution in [0.2, 0.25) is 0 Å². The van der Waals surface area contributed by atoms with Crippen molar-refractivity contribution < 1.29 is 47.3 Å². The van der Waals surface area contributed by atoms with Crippen LogP contribution in [0.25, 0.3) is 27.0 Å². The number of azide groups is 2. The van der Waals surface area contributed by atoms with Crippen LogP contribution < -0.4 is 29.6 Å². The minimum Gasteiger partial charge on any atom is -0.744 e. The molecule has 0 aliphatic heterocycles. The summed E-state index contributed by atoms with van der Waals surface area (Å²) in [6.07, 6.45) is 2.27. The topological polar surface area (TPSA) is 172 Å². The summed E-state index contributed by atoms with van der Waals surface area (Å²) in [6.45, 7) is 0. The minimum absolute atomic E-state index is 0. The molecule has 0 aliphatic carbocycles. The second-order valence-electron chi connectivity index (χ2n) is 4.80. The average molecular weight is 392 g/mol. The maximum Gasteiger partial charge on any atom is 1.00 e. The van der Waals surface area contributed by atoms with Crippen molar-refractivity contribution in [1.29, 1.82) is 0 Å². The van der Waals surface area contributed by atoms with Gasteiger partial charge in [-0.05, 0) is 34.8 Å². The Balaban J connectivity index is 0.00000364. The molecule has 0 heterocycles. The minimum atomic E-state index is -4.84. The SMILES string of the molecule is [N-]=[N+]=Nc1ccc(C(=O)/C=C/c2ccc(N=[N+]=[N-])cc2S(=O)(=O)[O-])cc1.[Na+]. The second kappa shape index (κ2) is 9.91. The van der Waals surface area contributed by atoms with Crippen molar-refractivity contribution in [2.75, 3.05) is 0 Å². The van der Waals surface area contributed by atoms with Crippen molar-refractivity contribution >= 4 is 33.4 Å². The molecule has 10 nitrogen and oxygen atoms in total. The molecule has 2 aromatic rings. The Bertz CT molecular complexity index is 1090. The Morgan fingerprint density at radius 3 is 2.11 bits per heavy atom. The number of ketones is 1. The third-order valence-corrected chi connectivity index (χ3v) is 4.05. The van der Waals surface area contributed by atoms with Crippen molar-refractivity contribution in [3.8, 4) is 0 Å². The first-order valence-electron chi connectivity index (χ1n) is 6.88. The van der Waals surface area contributed by atoms with Crippen LogP contribution in [0.15, 0.2) is 63.7 Å². The fraction of sp³-hybridized carbons (Fsp3) is 0. The van der Waals surface area contributed by atoms with Gasteiger partial charge in [-0.15, -0.1) is 0 Å². The molecule has 0 fully saturated rings. The molecule has 2 rings (SSSR count). The van der Waals surface area contributed by atoms with Crippen molar-refractivity contribution in [2.45, 2.75) is 4.90 Å². The molecule has 0 N–H and O–H groups in total. The molecule has 0 aromatic heterocycles. The van der Waals surface area contributed by atoms with E-state index in [1.165, 1.54) is 42.5 Å². The first-order valence-corrected chi connectivity index (χ1v) is 8.28. The summed E-state index contributed by atoms with van der Waals surface area (Å²) in [5.41, 5.74) is 17.3. The van der Waals surface area contributed by atoms with Crippen LogP contribution in [0.5, 0.6) is 0 Å². The molecular formula is C15H9N6NaO4S. The van der Waals surface area contributed by atoms with Gasteiger partial charge in [-0.1, -0.05) is 46.6 Å². The summed E-state index contributed by atoms with van der Waals surface area (Å²) in [6, 6.07) is 9.27. The van der Waals surface area contributed by atoms with Crippen LogP contribution >= 0.6 is 0 Å². The van der Waals surface area contributed by atoms with Gasteiger partial charge >= 0.3 is 29.6 Å². The molecule has 27 heavy (non-hydrogen) atoms. The largest absolute Gasteiger partial charge is 1.00 e. The second-order valence-corrected chi connectivity index (χ2v) is 6.15. The number of hydrogen-bond donors (Lipinski definition) is 0. The Kier molecular flexibility index (Phi) is 8.23. The maximum absolute atomic E-state index is 12.1. The van der Waals surface area contributed by atoms with E-state index in [2.05, 4.69) is 20.1 Å². The van der Waals surface area contributed by atoms with Gasteiger partial charge in [0.2, 0.25) is 0 Å².